The van der Waals surface area contributed by atoms with Crippen LogP contribution in [0.2, 0.25) is 0 Å². The van der Waals surface area contributed by atoms with Crippen LogP contribution in [0.25, 0.3) is 11.3 Å². The van der Waals surface area contributed by atoms with E-state index >= 15 is 0 Å². The number of carbonyl (C=O) groups excluding carboxylic acids is 2. The molecule has 8 heteroatoms. The lowest BCUT2D eigenvalue weighted by molar-refractivity contribution is -0.129. The third kappa shape index (κ3) is 5.48. The van der Waals surface area contributed by atoms with Gasteiger partial charge in [-0.1, -0.05) is 0 Å². The number of aromatic nitrogens is 1. The number of anilines is 1. The maximum absolute atomic E-state index is 12.2. The molecule has 150 valence electrons. The Balaban J connectivity index is 1.49. The molecule has 0 spiro atoms. The molecule has 2 amide bonds. The molecule has 0 aliphatic carbocycles. The number of amides is 2. The van der Waals surface area contributed by atoms with E-state index in [4.69, 9.17) is 4.74 Å². The molecule has 6 nitrogen and oxygen atoms in total. The summed E-state index contributed by atoms with van der Waals surface area (Å²) >= 11 is 2.80. The number of ether oxygens (including phenoxy) is 1. The van der Waals surface area contributed by atoms with E-state index in [-0.39, 0.29) is 17.6 Å². The van der Waals surface area contributed by atoms with Gasteiger partial charge in [-0.25, -0.2) is 4.98 Å². The second kappa shape index (κ2) is 9.93. The van der Waals surface area contributed by atoms with Gasteiger partial charge in [-0.05, 0) is 50.5 Å². The van der Waals surface area contributed by atoms with Crippen LogP contribution in [-0.2, 0) is 9.59 Å². The molecule has 1 aliphatic heterocycles. The van der Waals surface area contributed by atoms with Crippen LogP contribution >= 0.6 is 23.1 Å². The number of rotatable bonds is 7. The standard InChI is InChI=1S/C20H25N3O3S2/c1-14-19(15-6-8-16(26-2)9-7-15)22-20(28-14)21-17(24)12-27-13-18(25)23-10-4-3-5-11-23/h6-9H,3-5,10-13H2,1-2H3,(H,21,22,24). The fraction of sp³-hybridized carbons (Fsp3) is 0.450. The minimum absolute atomic E-state index is 0.129. The number of methoxy groups -OCH3 is 1. The molecule has 1 saturated heterocycles. The summed E-state index contributed by atoms with van der Waals surface area (Å²) in [4.78, 5) is 31.8. The molecule has 28 heavy (non-hydrogen) atoms. The lowest BCUT2D eigenvalue weighted by Crippen LogP contribution is -2.37. The number of thioether (sulfide) groups is 1. The minimum atomic E-state index is -0.133. The first-order valence-corrected chi connectivity index (χ1v) is 11.3. The van der Waals surface area contributed by atoms with E-state index in [9.17, 15) is 9.59 Å². The lowest BCUT2D eigenvalue weighted by Gasteiger charge is -2.26. The van der Waals surface area contributed by atoms with Crippen molar-refractivity contribution in [2.75, 3.05) is 37.0 Å². The van der Waals surface area contributed by atoms with Crippen LogP contribution in [0.4, 0.5) is 5.13 Å². The van der Waals surface area contributed by atoms with Gasteiger partial charge in [0.15, 0.2) is 5.13 Å². The van der Waals surface area contributed by atoms with Crippen molar-refractivity contribution in [3.8, 4) is 17.0 Å². The molecule has 1 aromatic carbocycles. The zero-order chi connectivity index (χ0) is 19.9. The molecule has 2 heterocycles. The van der Waals surface area contributed by atoms with Gasteiger partial charge in [0.2, 0.25) is 11.8 Å². The number of hydrogen-bond acceptors (Lipinski definition) is 6. The van der Waals surface area contributed by atoms with Crippen LogP contribution in [-0.4, -0.2) is 53.4 Å². The summed E-state index contributed by atoms with van der Waals surface area (Å²) in [5.74, 6) is 1.38. The molecule has 2 aromatic rings. The number of benzene rings is 1. The molecular formula is C20H25N3O3S2. The topological polar surface area (TPSA) is 71.5 Å². The maximum Gasteiger partial charge on any atom is 0.236 e. The van der Waals surface area contributed by atoms with Crippen LogP contribution in [0.5, 0.6) is 5.75 Å². The molecule has 0 unspecified atom stereocenters. The Kier molecular flexibility index (Phi) is 7.33. The number of nitrogens with one attached hydrogen (secondary N) is 1. The van der Waals surface area contributed by atoms with Crippen molar-refractivity contribution in [3.05, 3.63) is 29.1 Å². The van der Waals surface area contributed by atoms with Gasteiger partial charge in [-0.3, -0.25) is 9.59 Å². The highest BCUT2D eigenvalue weighted by Crippen LogP contribution is 2.31. The first kappa shape index (κ1) is 20.7. The van der Waals surface area contributed by atoms with Crippen molar-refractivity contribution in [1.82, 2.24) is 9.88 Å². The van der Waals surface area contributed by atoms with Crippen molar-refractivity contribution < 1.29 is 14.3 Å². The van der Waals surface area contributed by atoms with E-state index in [1.54, 1.807) is 7.11 Å². The summed E-state index contributed by atoms with van der Waals surface area (Å²) in [6.07, 6.45) is 3.36. The predicted octanol–water partition coefficient (Wildman–Crippen LogP) is 3.81. The van der Waals surface area contributed by atoms with Crippen LogP contribution in [0.3, 0.4) is 0 Å². The Morgan fingerprint density at radius 1 is 1.18 bits per heavy atom. The highest BCUT2D eigenvalue weighted by atomic mass is 32.2. The van der Waals surface area contributed by atoms with Gasteiger partial charge >= 0.3 is 0 Å². The summed E-state index contributed by atoms with van der Waals surface area (Å²) in [5, 5.41) is 3.43. The zero-order valence-electron chi connectivity index (χ0n) is 16.2. The number of piperidine rings is 1. The lowest BCUT2D eigenvalue weighted by atomic mass is 10.1. The Morgan fingerprint density at radius 2 is 1.89 bits per heavy atom. The number of thiazole rings is 1. The van der Waals surface area contributed by atoms with Gasteiger partial charge in [0.25, 0.3) is 0 Å². The van der Waals surface area contributed by atoms with E-state index < -0.39 is 0 Å². The van der Waals surface area contributed by atoms with Gasteiger partial charge in [-0.15, -0.1) is 23.1 Å². The molecular weight excluding hydrogens is 394 g/mol. The van der Waals surface area contributed by atoms with E-state index in [1.165, 1.54) is 29.5 Å². The second-order valence-corrected chi connectivity index (χ2v) is 8.82. The van der Waals surface area contributed by atoms with Crippen LogP contribution in [0.15, 0.2) is 24.3 Å². The molecule has 0 saturated carbocycles. The fourth-order valence-corrected chi connectivity index (χ4v) is 4.66. The quantitative estimate of drug-likeness (QED) is 0.739. The van der Waals surface area contributed by atoms with Gasteiger partial charge in [0.05, 0.1) is 24.3 Å². The van der Waals surface area contributed by atoms with E-state index in [2.05, 4.69) is 10.3 Å². The molecule has 0 bridgehead atoms. The highest BCUT2D eigenvalue weighted by molar-refractivity contribution is 8.00. The Labute approximate surface area is 173 Å². The summed E-state index contributed by atoms with van der Waals surface area (Å²) in [5.41, 5.74) is 1.84. The van der Waals surface area contributed by atoms with Gasteiger partial charge in [0, 0.05) is 23.5 Å². The average molecular weight is 420 g/mol. The third-order valence-electron chi connectivity index (χ3n) is 4.57. The summed E-state index contributed by atoms with van der Waals surface area (Å²) < 4.78 is 5.18. The van der Waals surface area contributed by atoms with Gasteiger partial charge < -0.3 is 15.0 Å². The summed E-state index contributed by atoms with van der Waals surface area (Å²) in [6.45, 7) is 3.68. The number of carbonyl (C=O) groups is 2. The Hall–Kier alpha value is -2.06. The van der Waals surface area contributed by atoms with Crippen molar-refractivity contribution >= 4 is 40.0 Å². The minimum Gasteiger partial charge on any atom is -0.497 e. The SMILES string of the molecule is COc1ccc(-c2nc(NC(=O)CSCC(=O)N3CCCCC3)sc2C)cc1. The van der Waals surface area contributed by atoms with Crippen molar-refractivity contribution in [1.29, 1.82) is 0 Å². The maximum atomic E-state index is 12.2. The summed E-state index contributed by atoms with van der Waals surface area (Å²) in [6, 6.07) is 7.69. The molecule has 3 rings (SSSR count). The first-order chi connectivity index (χ1) is 13.6. The van der Waals surface area contributed by atoms with Crippen molar-refractivity contribution in [2.24, 2.45) is 0 Å². The van der Waals surface area contributed by atoms with E-state index in [0.29, 0.717) is 10.9 Å². The molecule has 0 radical (unpaired) electrons. The number of likely N-dealkylation sites (tertiary alicyclic amines) is 1. The monoisotopic (exact) mass is 419 g/mol. The molecule has 1 aliphatic rings. The van der Waals surface area contributed by atoms with Gasteiger partial charge in [0.1, 0.15) is 5.75 Å². The molecule has 0 atom stereocenters. The first-order valence-electron chi connectivity index (χ1n) is 9.34. The Morgan fingerprint density at radius 3 is 2.57 bits per heavy atom. The molecule has 1 aromatic heterocycles. The zero-order valence-corrected chi connectivity index (χ0v) is 17.8. The van der Waals surface area contributed by atoms with Crippen LogP contribution in [0.1, 0.15) is 24.1 Å². The average Bonchev–Trinajstić information content (AvgIpc) is 3.08. The number of nitrogens with zero attached hydrogens (tertiary/aromatic N) is 2. The molecule has 1 fully saturated rings. The third-order valence-corrected chi connectivity index (χ3v) is 6.38. The number of aryl methyl sites for hydroxylation is 1. The second-order valence-electron chi connectivity index (χ2n) is 6.63. The van der Waals surface area contributed by atoms with Gasteiger partial charge in [-0.2, -0.15) is 0 Å². The van der Waals surface area contributed by atoms with E-state index in [0.717, 1.165) is 47.8 Å². The predicted molar refractivity (Wildman–Crippen MR) is 115 cm³/mol. The van der Waals surface area contributed by atoms with Crippen molar-refractivity contribution in [2.45, 2.75) is 26.2 Å². The number of hydrogen-bond donors (Lipinski definition) is 1. The Bertz CT molecular complexity index is 815. The van der Waals surface area contributed by atoms with Crippen LogP contribution in [0, 0.1) is 6.92 Å². The van der Waals surface area contributed by atoms with E-state index in [1.807, 2.05) is 36.1 Å². The molecule has 1 N–H and O–H groups in total. The summed E-state index contributed by atoms with van der Waals surface area (Å²) in [7, 11) is 1.63. The highest BCUT2D eigenvalue weighted by Gasteiger charge is 2.17. The largest absolute Gasteiger partial charge is 0.497 e. The van der Waals surface area contributed by atoms with Crippen LogP contribution < -0.4 is 10.1 Å². The smallest absolute Gasteiger partial charge is 0.236 e. The normalized spacial score (nSPS) is 14.0. The van der Waals surface area contributed by atoms with Crippen molar-refractivity contribution in [3.63, 3.8) is 0 Å². The fourth-order valence-electron chi connectivity index (χ4n) is 3.09.